The number of amides is 2. The minimum atomic E-state index is -0.811. The maximum absolute atomic E-state index is 13.5. The van der Waals surface area contributed by atoms with E-state index in [-0.39, 0.29) is 25.1 Å². The summed E-state index contributed by atoms with van der Waals surface area (Å²) in [6, 6.07) is 5.86. The van der Waals surface area contributed by atoms with Gasteiger partial charge in [0.05, 0.1) is 34.6 Å². The number of hydrogen-bond donors (Lipinski definition) is 3. The topological polar surface area (TPSA) is 133 Å². The van der Waals surface area contributed by atoms with Crippen molar-refractivity contribution in [2.45, 2.75) is 51.4 Å². The van der Waals surface area contributed by atoms with Crippen LogP contribution in [0, 0.1) is 0 Å². The lowest BCUT2D eigenvalue weighted by atomic mass is 10.0. The molecule has 0 radical (unpaired) electrons. The predicted molar refractivity (Wildman–Crippen MR) is 165 cm³/mol. The van der Waals surface area contributed by atoms with E-state index in [9.17, 15) is 14.7 Å². The number of anilines is 2. The SMILES string of the molecule is CCN(C)c1cc([C@@H](CO)NC(=O)[C@@H](C)N2Cc3ccc(-c4nc(NC5CCOCC5)ncc4Cl)cc3C2=O)c(Cl)cn1. The first-order valence-corrected chi connectivity index (χ1v) is 15.0. The van der Waals surface area contributed by atoms with E-state index in [0.717, 1.165) is 24.9 Å². The number of rotatable bonds is 10. The second-order valence-corrected chi connectivity index (χ2v) is 11.5. The monoisotopic (exact) mass is 627 g/mol. The lowest BCUT2D eigenvalue weighted by molar-refractivity contribution is -0.126. The molecular formula is C30H35Cl2N7O4. The molecule has 5 rings (SSSR count). The number of aliphatic hydroxyl groups is 1. The van der Waals surface area contributed by atoms with Gasteiger partial charge in [-0.1, -0.05) is 35.3 Å². The molecule has 0 saturated carbocycles. The summed E-state index contributed by atoms with van der Waals surface area (Å²) in [6.07, 6.45) is 4.78. The van der Waals surface area contributed by atoms with Gasteiger partial charge in [-0.25, -0.2) is 15.0 Å². The van der Waals surface area contributed by atoms with Gasteiger partial charge in [0.1, 0.15) is 11.9 Å². The summed E-state index contributed by atoms with van der Waals surface area (Å²) in [4.78, 5) is 43.6. The number of nitrogens with zero attached hydrogens (tertiary/aromatic N) is 5. The standard InChI is InChI=1S/C30H35Cl2N7O4/c1-4-38(3)26-12-22(23(31)13-33-26)25(16-40)36-28(41)17(2)39-15-19-6-5-18(11-21(19)29(39)42)27-24(32)14-34-30(37-27)35-20-7-9-43-10-8-20/h5-6,11-14,17,20,25,40H,4,7-10,15-16H2,1-3H3,(H,36,41)(H,34,35,37)/t17-,25-/m1/s1. The molecule has 11 nitrogen and oxygen atoms in total. The molecule has 2 aromatic heterocycles. The van der Waals surface area contributed by atoms with E-state index in [4.69, 9.17) is 27.9 Å². The van der Waals surface area contributed by atoms with Gasteiger partial charge < -0.3 is 30.3 Å². The van der Waals surface area contributed by atoms with E-state index in [1.165, 1.54) is 11.1 Å². The van der Waals surface area contributed by atoms with Crippen LogP contribution in [-0.4, -0.2) is 82.3 Å². The van der Waals surface area contributed by atoms with Crippen molar-refractivity contribution in [1.29, 1.82) is 0 Å². The molecule has 13 heteroatoms. The average Bonchev–Trinajstić information content (AvgIpc) is 3.36. The van der Waals surface area contributed by atoms with Crippen molar-refractivity contribution in [3.8, 4) is 11.3 Å². The molecule has 3 aromatic rings. The van der Waals surface area contributed by atoms with Crippen molar-refractivity contribution in [3.63, 3.8) is 0 Å². The number of aliphatic hydroxyl groups excluding tert-OH is 1. The minimum Gasteiger partial charge on any atom is -0.394 e. The summed E-state index contributed by atoms with van der Waals surface area (Å²) in [5.74, 6) is 0.436. The van der Waals surface area contributed by atoms with E-state index < -0.39 is 18.0 Å². The smallest absolute Gasteiger partial charge is 0.255 e. The number of fused-ring (bicyclic) bond motifs is 1. The Morgan fingerprint density at radius 1 is 1.19 bits per heavy atom. The molecule has 2 aliphatic rings. The number of carbonyl (C=O) groups excluding carboxylic acids is 2. The van der Waals surface area contributed by atoms with Crippen LogP contribution in [0.25, 0.3) is 11.3 Å². The fourth-order valence-corrected chi connectivity index (χ4v) is 5.62. The highest BCUT2D eigenvalue weighted by Gasteiger charge is 2.35. The highest BCUT2D eigenvalue weighted by molar-refractivity contribution is 6.33. The zero-order valence-corrected chi connectivity index (χ0v) is 25.8. The number of nitrogens with one attached hydrogen (secondary N) is 2. The van der Waals surface area contributed by atoms with Gasteiger partial charge in [0.2, 0.25) is 11.9 Å². The van der Waals surface area contributed by atoms with Gasteiger partial charge in [0.15, 0.2) is 0 Å². The second kappa shape index (κ2) is 13.4. The molecule has 228 valence electrons. The maximum atomic E-state index is 13.5. The molecule has 3 N–H and O–H groups in total. The van der Waals surface area contributed by atoms with Gasteiger partial charge >= 0.3 is 0 Å². The third-order valence-corrected chi connectivity index (χ3v) is 8.56. The van der Waals surface area contributed by atoms with Crippen molar-refractivity contribution >= 4 is 46.8 Å². The molecule has 1 saturated heterocycles. The second-order valence-electron chi connectivity index (χ2n) is 10.7. The molecule has 1 fully saturated rings. The lowest BCUT2D eigenvalue weighted by Crippen LogP contribution is -2.46. The highest BCUT2D eigenvalue weighted by Crippen LogP contribution is 2.33. The molecular weight excluding hydrogens is 593 g/mol. The number of ether oxygens (including phenoxy) is 1. The zero-order chi connectivity index (χ0) is 30.7. The van der Waals surface area contributed by atoms with Gasteiger partial charge in [-0.3, -0.25) is 9.59 Å². The minimum absolute atomic E-state index is 0.213. The molecule has 0 aliphatic carbocycles. The number of halogens is 2. The first kappa shape index (κ1) is 30.9. The number of benzene rings is 1. The van der Waals surface area contributed by atoms with Crippen molar-refractivity contribution in [3.05, 3.63) is 63.4 Å². The van der Waals surface area contributed by atoms with Gasteiger partial charge in [0, 0.05) is 62.3 Å². The average molecular weight is 629 g/mol. The first-order valence-electron chi connectivity index (χ1n) is 14.3. The summed E-state index contributed by atoms with van der Waals surface area (Å²) >= 11 is 12.9. The van der Waals surface area contributed by atoms with Crippen LogP contribution in [0.4, 0.5) is 11.8 Å². The maximum Gasteiger partial charge on any atom is 0.255 e. The molecule has 2 aliphatic heterocycles. The van der Waals surface area contributed by atoms with E-state index in [1.54, 1.807) is 25.3 Å². The third kappa shape index (κ3) is 6.70. The summed E-state index contributed by atoms with van der Waals surface area (Å²) in [7, 11) is 1.89. The highest BCUT2D eigenvalue weighted by atomic mass is 35.5. The van der Waals surface area contributed by atoms with Gasteiger partial charge in [0.25, 0.3) is 5.91 Å². The largest absolute Gasteiger partial charge is 0.394 e. The Hall–Kier alpha value is -3.51. The molecule has 43 heavy (non-hydrogen) atoms. The Morgan fingerprint density at radius 3 is 2.65 bits per heavy atom. The number of pyridine rings is 1. The summed E-state index contributed by atoms with van der Waals surface area (Å²) in [6.45, 7) is 5.64. The zero-order valence-electron chi connectivity index (χ0n) is 24.3. The van der Waals surface area contributed by atoms with Gasteiger partial charge in [-0.2, -0.15) is 0 Å². The van der Waals surface area contributed by atoms with Crippen molar-refractivity contribution < 1.29 is 19.4 Å². The van der Waals surface area contributed by atoms with Crippen molar-refractivity contribution in [2.24, 2.45) is 0 Å². The third-order valence-electron chi connectivity index (χ3n) is 7.97. The summed E-state index contributed by atoms with van der Waals surface area (Å²) in [5.41, 5.74) is 3.01. The van der Waals surface area contributed by atoms with Crippen LogP contribution in [0.15, 0.2) is 36.7 Å². The Balaban J connectivity index is 1.31. The predicted octanol–water partition coefficient (Wildman–Crippen LogP) is 4.09. The Kier molecular flexibility index (Phi) is 9.65. The van der Waals surface area contributed by atoms with Gasteiger partial charge in [-0.15, -0.1) is 0 Å². The molecule has 0 bridgehead atoms. The fourth-order valence-electron chi connectivity index (χ4n) is 5.18. The van der Waals surface area contributed by atoms with Crippen LogP contribution in [-0.2, 0) is 16.1 Å². The Morgan fingerprint density at radius 2 is 1.93 bits per heavy atom. The first-order chi connectivity index (χ1) is 20.7. The van der Waals surface area contributed by atoms with Crippen LogP contribution in [0.3, 0.4) is 0 Å². The van der Waals surface area contributed by atoms with Crippen LogP contribution in [0.5, 0.6) is 0 Å². The Labute approximate surface area is 260 Å². The van der Waals surface area contributed by atoms with Crippen LogP contribution < -0.4 is 15.5 Å². The normalized spacial score (nSPS) is 16.5. The molecule has 2 atom stereocenters. The quantitative estimate of drug-likeness (QED) is 0.304. The summed E-state index contributed by atoms with van der Waals surface area (Å²) < 4.78 is 5.42. The molecule has 0 spiro atoms. The number of carbonyl (C=O) groups is 2. The lowest BCUT2D eigenvalue weighted by Gasteiger charge is -2.27. The molecule has 1 aromatic carbocycles. The number of hydrogen-bond acceptors (Lipinski definition) is 9. The number of aromatic nitrogens is 3. The van der Waals surface area contributed by atoms with Crippen LogP contribution >= 0.6 is 23.2 Å². The Bertz CT molecular complexity index is 1500. The van der Waals surface area contributed by atoms with Crippen molar-refractivity contribution in [2.75, 3.05) is 43.6 Å². The van der Waals surface area contributed by atoms with E-state index >= 15 is 0 Å². The van der Waals surface area contributed by atoms with Crippen molar-refractivity contribution in [1.82, 2.24) is 25.2 Å². The van der Waals surface area contributed by atoms with E-state index in [0.29, 0.717) is 57.4 Å². The van der Waals surface area contributed by atoms with Crippen LogP contribution in [0.1, 0.15) is 54.2 Å². The van der Waals surface area contributed by atoms with E-state index in [2.05, 4.69) is 25.6 Å². The summed E-state index contributed by atoms with van der Waals surface area (Å²) in [5, 5.41) is 17.0. The van der Waals surface area contributed by atoms with Gasteiger partial charge in [-0.05, 0) is 44.4 Å². The molecule has 4 heterocycles. The van der Waals surface area contributed by atoms with E-state index in [1.807, 2.05) is 31.0 Å². The molecule has 2 amide bonds. The van der Waals surface area contributed by atoms with Crippen LogP contribution in [0.2, 0.25) is 10.0 Å². The fraction of sp³-hybridized carbons (Fsp3) is 0.433. The molecule has 0 unspecified atom stereocenters.